The Kier molecular flexibility index (Phi) is 4.79. The zero-order valence-corrected chi connectivity index (χ0v) is 9.50. The molecule has 0 aromatic heterocycles. The lowest BCUT2D eigenvalue weighted by Crippen LogP contribution is -1.99. The summed E-state index contributed by atoms with van der Waals surface area (Å²) in [4.78, 5) is 10.7. The predicted molar refractivity (Wildman–Crippen MR) is 60.9 cm³/mol. The zero-order chi connectivity index (χ0) is 11.3. The molecule has 1 N–H and O–H groups in total. The van der Waals surface area contributed by atoms with Crippen LogP contribution in [-0.2, 0) is 4.79 Å². The van der Waals surface area contributed by atoms with Crippen LogP contribution in [0.15, 0.2) is 24.3 Å². The van der Waals surface area contributed by atoms with Gasteiger partial charge in [0, 0.05) is 11.4 Å². The second-order valence-corrected chi connectivity index (χ2v) is 4.10. The number of aliphatic hydroxyl groups excluding tert-OH is 1. The number of hydrogen-bond donors (Lipinski definition) is 1. The number of carbonyl (C=O) groups is 1. The summed E-state index contributed by atoms with van der Waals surface area (Å²) in [6.45, 7) is 1.56. The van der Waals surface area contributed by atoms with Gasteiger partial charge in [0.05, 0.1) is 6.10 Å². The molecule has 3 heteroatoms. The standard InChI is InChI=1S/C12H15ClO2/c1-9(14)3-2-4-12(15)10-5-7-11(13)8-6-10/h5-8,12,15H,2-4H2,1H3/t12-/m1/s1. The van der Waals surface area contributed by atoms with Gasteiger partial charge in [0.25, 0.3) is 0 Å². The van der Waals surface area contributed by atoms with E-state index in [0.717, 1.165) is 12.0 Å². The highest BCUT2D eigenvalue weighted by molar-refractivity contribution is 6.30. The summed E-state index contributed by atoms with van der Waals surface area (Å²) < 4.78 is 0. The summed E-state index contributed by atoms with van der Waals surface area (Å²) in [6.07, 6.45) is 1.37. The monoisotopic (exact) mass is 226 g/mol. The number of hydrogen-bond acceptors (Lipinski definition) is 2. The molecule has 0 bridgehead atoms. The van der Waals surface area contributed by atoms with Gasteiger partial charge in [-0.1, -0.05) is 23.7 Å². The first kappa shape index (κ1) is 12.2. The summed E-state index contributed by atoms with van der Waals surface area (Å²) in [6, 6.07) is 7.12. The van der Waals surface area contributed by atoms with Gasteiger partial charge < -0.3 is 9.90 Å². The Morgan fingerprint density at radius 2 is 2.00 bits per heavy atom. The van der Waals surface area contributed by atoms with Crippen molar-refractivity contribution in [2.75, 3.05) is 0 Å². The van der Waals surface area contributed by atoms with E-state index in [0.29, 0.717) is 17.9 Å². The van der Waals surface area contributed by atoms with E-state index in [-0.39, 0.29) is 5.78 Å². The summed E-state index contributed by atoms with van der Waals surface area (Å²) >= 11 is 5.74. The number of ketones is 1. The molecule has 0 aliphatic heterocycles. The third-order valence-electron chi connectivity index (χ3n) is 2.26. The normalized spacial score (nSPS) is 12.5. The molecular formula is C12H15ClO2. The highest BCUT2D eigenvalue weighted by Gasteiger charge is 2.07. The Bertz CT molecular complexity index is 319. The van der Waals surface area contributed by atoms with E-state index in [1.165, 1.54) is 0 Å². The van der Waals surface area contributed by atoms with Crippen molar-refractivity contribution in [3.63, 3.8) is 0 Å². The van der Waals surface area contributed by atoms with Crippen LogP contribution in [0.25, 0.3) is 0 Å². The molecule has 2 nitrogen and oxygen atoms in total. The number of rotatable bonds is 5. The molecular weight excluding hydrogens is 212 g/mol. The maximum absolute atomic E-state index is 10.7. The van der Waals surface area contributed by atoms with Gasteiger partial charge >= 0.3 is 0 Å². The molecule has 0 aliphatic rings. The maximum Gasteiger partial charge on any atom is 0.129 e. The van der Waals surface area contributed by atoms with E-state index >= 15 is 0 Å². The Morgan fingerprint density at radius 1 is 1.40 bits per heavy atom. The van der Waals surface area contributed by atoms with E-state index in [1.807, 2.05) is 0 Å². The number of benzene rings is 1. The van der Waals surface area contributed by atoms with Crippen LogP contribution in [0.5, 0.6) is 0 Å². The average molecular weight is 227 g/mol. The van der Waals surface area contributed by atoms with Crippen molar-refractivity contribution in [1.29, 1.82) is 0 Å². The third-order valence-corrected chi connectivity index (χ3v) is 2.51. The number of Topliss-reactive ketones (excluding diaryl/α,β-unsaturated/α-hetero) is 1. The van der Waals surface area contributed by atoms with Gasteiger partial charge in [0.15, 0.2) is 0 Å². The third kappa shape index (κ3) is 4.45. The van der Waals surface area contributed by atoms with Crippen molar-refractivity contribution in [1.82, 2.24) is 0 Å². The van der Waals surface area contributed by atoms with Crippen molar-refractivity contribution >= 4 is 17.4 Å². The van der Waals surface area contributed by atoms with Crippen molar-refractivity contribution in [3.05, 3.63) is 34.9 Å². The number of carbonyl (C=O) groups excluding carboxylic acids is 1. The Balaban J connectivity index is 2.43. The fraction of sp³-hybridized carbons (Fsp3) is 0.417. The molecule has 15 heavy (non-hydrogen) atoms. The maximum atomic E-state index is 10.7. The van der Waals surface area contributed by atoms with Crippen LogP contribution in [-0.4, -0.2) is 10.9 Å². The molecule has 0 unspecified atom stereocenters. The first-order chi connectivity index (χ1) is 7.09. The molecule has 82 valence electrons. The molecule has 1 atom stereocenters. The van der Waals surface area contributed by atoms with E-state index < -0.39 is 6.10 Å². The van der Waals surface area contributed by atoms with E-state index in [4.69, 9.17) is 11.6 Å². The number of halogens is 1. The molecule has 0 radical (unpaired) electrons. The molecule has 0 saturated heterocycles. The summed E-state index contributed by atoms with van der Waals surface area (Å²) in [5.74, 6) is 0.165. The van der Waals surface area contributed by atoms with Crippen LogP contribution in [0.2, 0.25) is 5.02 Å². The minimum absolute atomic E-state index is 0.165. The van der Waals surface area contributed by atoms with Crippen LogP contribution in [0.1, 0.15) is 37.9 Å². The summed E-state index contributed by atoms with van der Waals surface area (Å²) in [5, 5.41) is 10.4. The van der Waals surface area contributed by atoms with Crippen molar-refractivity contribution < 1.29 is 9.90 Å². The molecule has 0 saturated carbocycles. The summed E-state index contributed by atoms with van der Waals surface area (Å²) in [7, 11) is 0. The van der Waals surface area contributed by atoms with Gasteiger partial charge in [0.2, 0.25) is 0 Å². The second-order valence-electron chi connectivity index (χ2n) is 3.66. The van der Waals surface area contributed by atoms with Gasteiger partial charge in [-0.25, -0.2) is 0 Å². The number of aliphatic hydroxyl groups is 1. The van der Waals surface area contributed by atoms with Gasteiger partial charge in [-0.15, -0.1) is 0 Å². The van der Waals surface area contributed by atoms with Gasteiger partial charge in [-0.3, -0.25) is 0 Å². The van der Waals surface area contributed by atoms with Gasteiger partial charge in [0.1, 0.15) is 5.78 Å². The molecule has 1 rings (SSSR count). The molecule has 0 aliphatic carbocycles. The lowest BCUT2D eigenvalue weighted by Gasteiger charge is -2.10. The minimum atomic E-state index is -0.499. The van der Waals surface area contributed by atoms with E-state index in [1.54, 1.807) is 31.2 Å². The topological polar surface area (TPSA) is 37.3 Å². The highest BCUT2D eigenvalue weighted by atomic mass is 35.5. The first-order valence-corrected chi connectivity index (χ1v) is 5.40. The lowest BCUT2D eigenvalue weighted by atomic mass is 10.0. The Morgan fingerprint density at radius 3 is 2.53 bits per heavy atom. The van der Waals surface area contributed by atoms with Crippen LogP contribution in [0.3, 0.4) is 0 Å². The smallest absolute Gasteiger partial charge is 0.129 e. The lowest BCUT2D eigenvalue weighted by molar-refractivity contribution is -0.117. The largest absolute Gasteiger partial charge is 0.388 e. The quantitative estimate of drug-likeness (QED) is 0.838. The van der Waals surface area contributed by atoms with Crippen molar-refractivity contribution in [2.45, 2.75) is 32.3 Å². The average Bonchev–Trinajstić information content (AvgIpc) is 2.18. The fourth-order valence-electron chi connectivity index (χ4n) is 1.40. The zero-order valence-electron chi connectivity index (χ0n) is 8.74. The van der Waals surface area contributed by atoms with E-state index in [2.05, 4.69) is 0 Å². The molecule has 0 heterocycles. The summed E-state index contributed by atoms with van der Waals surface area (Å²) in [5.41, 5.74) is 0.850. The van der Waals surface area contributed by atoms with Gasteiger partial charge in [-0.05, 0) is 37.5 Å². The minimum Gasteiger partial charge on any atom is -0.388 e. The molecule has 0 fully saturated rings. The van der Waals surface area contributed by atoms with Crippen molar-refractivity contribution in [3.8, 4) is 0 Å². The Hall–Kier alpha value is -0.860. The molecule has 1 aromatic rings. The second kappa shape index (κ2) is 5.89. The molecule has 0 spiro atoms. The predicted octanol–water partition coefficient (Wildman–Crippen LogP) is 3.13. The van der Waals surface area contributed by atoms with Crippen LogP contribution >= 0.6 is 11.6 Å². The van der Waals surface area contributed by atoms with Crippen molar-refractivity contribution in [2.24, 2.45) is 0 Å². The molecule has 1 aromatic carbocycles. The van der Waals surface area contributed by atoms with Crippen LogP contribution in [0, 0.1) is 0 Å². The van der Waals surface area contributed by atoms with E-state index in [9.17, 15) is 9.90 Å². The van der Waals surface area contributed by atoms with Crippen LogP contribution in [0.4, 0.5) is 0 Å². The first-order valence-electron chi connectivity index (χ1n) is 5.02. The van der Waals surface area contributed by atoms with Gasteiger partial charge in [-0.2, -0.15) is 0 Å². The Labute approximate surface area is 94.9 Å². The molecule has 0 amide bonds. The SMILES string of the molecule is CC(=O)CCC[C@@H](O)c1ccc(Cl)cc1. The highest BCUT2D eigenvalue weighted by Crippen LogP contribution is 2.20. The van der Waals surface area contributed by atoms with Crippen LogP contribution < -0.4 is 0 Å². The fourth-order valence-corrected chi connectivity index (χ4v) is 1.52.